The Morgan fingerprint density at radius 2 is 1.78 bits per heavy atom. The Kier molecular flexibility index (Phi) is 6.23. The molecule has 0 radical (unpaired) electrons. The van der Waals surface area contributed by atoms with Crippen LogP contribution in [0.3, 0.4) is 0 Å². The van der Waals surface area contributed by atoms with Crippen LogP contribution in [-0.2, 0) is 11.3 Å². The molecule has 2 aliphatic rings. The molecule has 0 amide bonds. The molecule has 170 valence electrons. The predicted octanol–water partition coefficient (Wildman–Crippen LogP) is 3.32. The number of hydrogen-bond donors (Lipinski definition) is 1. The molecule has 8 nitrogen and oxygen atoms in total. The van der Waals surface area contributed by atoms with Crippen LogP contribution in [0.5, 0.6) is 0 Å². The van der Waals surface area contributed by atoms with Crippen LogP contribution in [0.25, 0.3) is 11.2 Å². The normalized spacial score (nSPS) is 18.5. The first-order valence-corrected chi connectivity index (χ1v) is 11.8. The molecule has 0 saturated carbocycles. The molecule has 2 saturated heterocycles. The molecule has 0 bridgehead atoms. The summed E-state index contributed by atoms with van der Waals surface area (Å²) in [7, 11) is 0. The van der Waals surface area contributed by atoms with Crippen molar-refractivity contribution in [1.29, 1.82) is 0 Å². The molecule has 3 aromatic rings. The highest BCUT2D eigenvalue weighted by molar-refractivity contribution is 5.84. The lowest BCUT2D eigenvalue weighted by Crippen LogP contribution is -2.49. The first-order chi connectivity index (χ1) is 15.7. The van der Waals surface area contributed by atoms with Gasteiger partial charge in [-0.25, -0.2) is 4.98 Å². The second kappa shape index (κ2) is 9.42. The summed E-state index contributed by atoms with van der Waals surface area (Å²) in [5.74, 6) is 1.61. The lowest BCUT2D eigenvalue weighted by molar-refractivity contribution is 0.0114. The zero-order valence-corrected chi connectivity index (χ0v) is 19.1. The molecular weight excluding hydrogens is 402 g/mol. The quantitative estimate of drug-likeness (QED) is 0.637. The van der Waals surface area contributed by atoms with Gasteiger partial charge in [0, 0.05) is 44.8 Å². The van der Waals surface area contributed by atoms with Gasteiger partial charge < -0.3 is 19.5 Å². The van der Waals surface area contributed by atoms with Crippen molar-refractivity contribution >= 4 is 22.9 Å². The third kappa shape index (κ3) is 4.42. The minimum absolute atomic E-state index is 0.289. The van der Waals surface area contributed by atoms with Crippen molar-refractivity contribution in [1.82, 2.24) is 24.4 Å². The third-order valence-corrected chi connectivity index (χ3v) is 6.58. The summed E-state index contributed by atoms with van der Waals surface area (Å²) in [6, 6.07) is 11.3. The van der Waals surface area contributed by atoms with Gasteiger partial charge >= 0.3 is 0 Å². The highest BCUT2D eigenvalue weighted by Crippen LogP contribution is 2.27. The molecule has 0 aliphatic carbocycles. The summed E-state index contributed by atoms with van der Waals surface area (Å²) in [6.07, 6.45) is 4.15. The number of hydrogen-bond acceptors (Lipinski definition) is 7. The summed E-state index contributed by atoms with van der Waals surface area (Å²) in [4.78, 5) is 19.5. The number of benzene rings is 1. The Labute approximate surface area is 189 Å². The monoisotopic (exact) mass is 435 g/mol. The topological polar surface area (TPSA) is 71.3 Å². The number of anilines is 2. The van der Waals surface area contributed by atoms with E-state index in [0.29, 0.717) is 12.6 Å². The number of aromatic nitrogens is 4. The lowest BCUT2D eigenvalue weighted by atomic mass is 10.0. The number of rotatable bonds is 6. The van der Waals surface area contributed by atoms with Crippen molar-refractivity contribution in [2.75, 3.05) is 49.6 Å². The van der Waals surface area contributed by atoms with Gasteiger partial charge in [-0.3, -0.25) is 4.90 Å². The molecule has 0 unspecified atom stereocenters. The van der Waals surface area contributed by atoms with Crippen molar-refractivity contribution in [3.8, 4) is 0 Å². The van der Waals surface area contributed by atoms with Crippen LogP contribution in [-0.4, -0.2) is 69.9 Å². The number of nitrogens with one attached hydrogen (secondary N) is 1. The van der Waals surface area contributed by atoms with E-state index in [9.17, 15) is 0 Å². The summed E-state index contributed by atoms with van der Waals surface area (Å²) in [5, 5.41) is 3.52. The van der Waals surface area contributed by atoms with Crippen LogP contribution in [0.15, 0.2) is 36.7 Å². The third-order valence-electron chi connectivity index (χ3n) is 6.58. The number of ether oxygens (including phenoxy) is 1. The fourth-order valence-electron chi connectivity index (χ4n) is 4.70. The molecular formula is C24H33N7O. The average molecular weight is 436 g/mol. The number of fused-ring (bicyclic) bond motifs is 1. The maximum atomic E-state index is 5.53. The zero-order valence-electron chi connectivity index (χ0n) is 19.1. The van der Waals surface area contributed by atoms with Crippen LogP contribution in [0.1, 0.15) is 38.3 Å². The zero-order chi connectivity index (χ0) is 21.9. The second-order valence-corrected chi connectivity index (χ2v) is 9.00. The molecule has 4 heterocycles. The van der Waals surface area contributed by atoms with E-state index in [1.54, 1.807) is 0 Å². The Morgan fingerprint density at radius 3 is 2.50 bits per heavy atom. The summed E-state index contributed by atoms with van der Waals surface area (Å²) < 4.78 is 7.66. The molecule has 0 spiro atoms. The van der Waals surface area contributed by atoms with Gasteiger partial charge in [0.25, 0.3) is 0 Å². The van der Waals surface area contributed by atoms with Gasteiger partial charge in [0.15, 0.2) is 17.0 Å². The van der Waals surface area contributed by atoms with Crippen molar-refractivity contribution in [2.24, 2.45) is 0 Å². The molecule has 1 N–H and O–H groups in total. The largest absolute Gasteiger partial charge is 0.379 e. The van der Waals surface area contributed by atoms with Crippen LogP contribution >= 0.6 is 0 Å². The fraction of sp³-hybridized carbons (Fsp3) is 0.542. The lowest BCUT2D eigenvalue weighted by Gasteiger charge is -2.40. The highest BCUT2D eigenvalue weighted by Gasteiger charge is 2.28. The van der Waals surface area contributed by atoms with E-state index >= 15 is 0 Å². The Hall–Kier alpha value is -2.71. The number of morpholine rings is 1. The van der Waals surface area contributed by atoms with Gasteiger partial charge in [-0.15, -0.1) is 0 Å². The van der Waals surface area contributed by atoms with Crippen molar-refractivity contribution in [2.45, 2.75) is 45.3 Å². The van der Waals surface area contributed by atoms with E-state index < -0.39 is 0 Å². The van der Waals surface area contributed by atoms with Crippen molar-refractivity contribution < 1.29 is 4.74 Å². The molecule has 2 aromatic heterocycles. The molecule has 1 aromatic carbocycles. The first kappa shape index (κ1) is 21.2. The van der Waals surface area contributed by atoms with Crippen LogP contribution in [0.4, 0.5) is 11.8 Å². The number of imidazole rings is 1. The highest BCUT2D eigenvalue weighted by atomic mass is 16.5. The second-order valence-electron chi connectivity index (χ2n) is 9.00. The molecule has 0 atom stereocenters. The van der Waals surface area contributed by atoms with E-state index in [1.165, 1.54) is 5.56 Å². The molecule has 2 fully saturated rings. The van der Waals surface area contributed by atoms with Gasteiger partial charge in [-0.05, 0) is 32.3 Å². The summed E-state index contributed by atoms with van der Waals surface area (Å²) >= 11 is 0. The van der Waals surface area contributed by atoms with Gasteiger partial charge in [-0.1, -0.05) is 30.3 Å². The Morgan fingerprint density at radius 1 is 1.03 bits per heavy atom. The molecule has 8 heteroatoms. The molecule has 2 aliphatic heterocycles. The van der Waals surface area contributed by atoms with E-state index in [0.717, 1.165) is 75.2 Å². The maximum absolute atomic E-state index is 5.53. The predicted molar refractivity (Wildman–Crippen MR) is 127 cm³/mol. The van der Waals surface area contributed by atoms with E-state index in [4.69, 9.17) is 14.7 Å². The Balaban J connectivity index is 1.38. The SMILES string of the molecule is CC(C)n1cnc2c(NCc3ccccc3)nc(N3CCC(N4CCOCC4)CC3)nc21. The minimum atomic E-state index is 0.289. The fourth-order valence-corrected chi connectivity index (χ4v) is 4.70. The van der Waals surface area contributed by atoms with Gasteiger partial charge in [0.05, 0.1) is 19.5 Å². The number of nitrogens with zero attached hydrogens (tertiary/aromatic N) is 6. The van der Waals surface area contributed by atoms with Gasteiger partial charge in [-0.2, -0.15) is 9.97 Å². The first-order valence-electron chi connectivity index (χ1n) is 11.8. The maximum Gasteiger partial charge on any atom is 0.229 e. The van der Waals surface area contributed by atoms with Crippen LogP contribution in [0.2, 0.25) is 0 Å². The number of piperidine rings is 1. The van der Waals surface area contributed by atoms with E-state index in [1.807, 2.05) is 12.4 Å². The smallest absolute Gasteiger partial charge is 0.229 e. The van der Waals surface area contributed by atoms with Gasteiger partial charge in [0.2, 0.25) is 5.95 Å². The van der Waals surface area contributed by atoms with Crippen molar-refractivity contribution in [3.05, 3.63) is 42.2 Å². The standard InChI is InChI=1S/C24H33N7O/c1-18(2)31-17-26-21-22(25-16-19-6-4-3-5-7-19)27-24(28-23(21)31)30-10-8-20(9-11-30)29-12-14-32-15-13-29/h3-7,17-18,20H,8-16H2,1-2H3,(H,25,27,28). The summed E-state index contributed by atoms with van der Waals surface area (Å²) in [6.45, 7) is 10.8. The van der Waals surface area contributed by atoms with E-state index in [-0.39, 0.29) is 6.04 Å². The molecule has 5 rings (SSSR count). The average Bonchev–Trinajstić information content (AvgIpc) is 3.28. The van der Waals surface area contributed by atoms with Crippen LogP contribution < -0.4 is 10.2 Å². The molecule has 32 heavy (non-hydrogen) atoms. The van der Waals surface area contributed by atoms with Crippen LogP contribution in [0, 0.1) is 0 Å². The van der Waals surface area contributed by atoms with Gasteiger partial charge in [0.1, 0.15) is 0 Å². The summed E-state index contributed by atoms with van der Waals surface area (Å²) in [5.41, 5.74) is 2.95. The Bertz CT molecular complexity index is 1020. The minimum Gasteiger partial charge on any atom is -0.379 e. The van der Waals surface area contributed by atoms with Crippen molar-refractivity contribution in [3.63, 3.8) is 0 Å². The van der Waals surface area contributed by atoms with E-state index in [2.05, 4.69) is 62.8 Å².